The highest BCUT2D eigenvalue weighted by molar-refractivity contribution is 7.80. The van der Waals surface area contributed by atoms with Crippen LogP contribution in [0.2, 0.25) is 0 Å². The lowest BCUT2D eigenvalue weighted by atomic mass is 9.84. The van der Waals surface area contributed by atoms with E-state index in [1.807, 2.05) is 6.07 Å². The van der Waals surface area contributed by atoms with Crippen molar-refractivity contribution >= 4 is 23.4 Å². The number of halogens is 4. The molecule has 37 heavy (non-hydrogen) atoms. The summed E-state index contributed by atoms with van der Waals surface area (Å²) in [6, 6.07) is 11.1. The number of benzene rings is 2. The molecule has 1 unspecified atom stereocenters. The third-order valence-electron chi connectivity index (χ3n) is 5.05. The molecule has 0 aliphatic carbocycles. The van der Waals surface area contributed by atoms with Gasteiger partial charge in [-0.3, -0.25) is 15.4 Å². The zero-order valence-corrected chi connectivity index (χ0v) is 19.3. The van der Waals surface area contributed by atoms with Gasteiger partial charge >= 0.3 is 5.92 Å². The number of hydrogen-bond donors (Lipinski definition) is 3. The molecule has 0 aliphatic heterocycles. The van der Waals surface area contributed by atoms with E-state index in [0.29, 0.717) is 17.7 Å². The molecular formula is C23H16F4N5O4S-. The minimum atomic E-state index is -4.44. The fraction of sp³-hybridized carbons (Fsp3) is 0.130. The number of thiocarbonyl (C=S) groups is 1. The van der Waals surface area contributed by atoms with Crippen LogP contribution in [0, 0.1) is 23.0 Å². The zero-order valence-electron chi connectivity index (χ0n) is 18.5. The van der Waals surface area contributed by atoms with Crippen LogP contribution in [0.4, 0.5) is 22.4 Å². The van der Waals surface area contributed by atoms with E-state index < -0.39 is 52.2 Å². The molecular weight excluding hydrogens is 518 g/mol. The maximum absolute atomic E-state index is 15.8. The summed E-state index contributed by atoms with van der Waals surface area (Å²) in [6.07, 6.45) is -1.12. The van der Waals surface area contributed by atoms with Crippen molar-refractivity contribution in [3.8, 4) is 17.6 Å². The van der Waals surface area contributed by atoms with E-state index in [9.17, 15) is 23.8 Å². The Labute approximate surface area is 212 Å². The Morgan fingerprint density at radius 3 is 2.35 bits per heavy atom. The van der Waals surface area contributed by atoms with Gasteiger partial charge in [0.15, 0.2) is 16.8 Å². The van der Waals surface area contributed by atoms with E-state index in [1.165, 1.54) is 29.7 Å². The zero-order chi connectivity index (χ0) is 27.4. The highest BCUT2D eigenvalue weighted by Crippen LogP contribution is 2.46. The summed E-state index contributed by atoms with van der Waals surface area (Å²) in [4.78, 5) is 14.6. The lowest BCUT2D eigenvalue weighted by Crippen LogP contribution is -2.60. The summed E-state index contributed by atoms with van der Waals surface area (Å²) in [5, 5.41) is 30.4. The summed E-state index contributed by atoms with van der Waals surface area (Å²) in [5.74, 6) is -6.84. The fourth-order valence-corrected chi connectivity index (χ4v) is 3.37. The van der Waals surface area contributed by atoms with Crippen molar-refractivity contribution in [1.82, 2.24) is 15.4 Å². The predicted molar refractivity (Wildman–Crippen MR) is 122 cm³/mol. The van der Waals surface area contributed by atoms with Crippen molar-refractivity contribution in [2.24, 2.45) is 5.73 Å². The van der Waals surface area contributed by atoms with Crippen LogP contribution in [0.1, 0.15) is 16.8 Å². The van der Waals surface area contributed by atoms with Gasteiger partial charge in [-0.2, -0.15) is 14.0 Å². The van der Waals surface area contributed by atoms with Crippen LogP contribution in [0.15, 0.2) is 60.8 Å². The molecule has 0 spiro atoms. The van der Waals surface area contributed by atoms with E-state index in [0.717, 1.165) is 18.3 Å². The number of nitrogens with zero attached hydrogens (tertiary/aromatic N) is 3. The highest BCUT2D eigenvalue weighted by atomic mass is 32.1. The Morgan fingerprint density at radius 2 is 1.84 bits per heavy atom. The molecule has 0 saturated carbocycles. The number of carbonyl (C=O) groups excluding carboxylic acids is 1. The number of amides is 1. The van der Waals surface area contributed by atoms with Gasteiger partial charge in [-0.1, -0.05) is 0 Å². The molecule has 14 heteroatoms. The van der Waals surface area contributed by atoms with Crippen LogP contribution in [0.3, 0.4) is 0 Å². The van der Waals surface area contributed by atoms with E-state index >= 15 is 8.78 Å². The summed E-state index contributed by atoms with van der Waals surface area (Å²) in [6.45, 7) is -1.42. The third kappa shape index (κ3) is 5.85. The molecule has 4 N–H and O–H groups in total. The molecule has 1 amide bonds. The van der Waals surface area contributed by atoms with Crippen LogP contribution >= 0.6 is 12.2 Å². The lowest BCUT2D eigenvalue weighted by Gasteiger charge is -2.40. The Morgan fingerprint density at radius 1 is 1.19 bits per heavy atom. The maximum Gasteiger partial charge on any atom is 0.323 e. The number of nitriles is 1. The smallest absolute Gasteiger partial charge is 0.323 e. The van der Waals surface area contributed by atoms with Gasteiger partial charge in [-0.25, -0.2) is 8.78 Å². The first-order chi connectivity index (χ1) is 17.4. The number of carboxylic acid groups (broad SMARTS) is 1. The Balaban J connectivity index is 2.02. The second kappa shape index (κ2) is 10.6. The minimum absolute atomic E-state index is 0.00383. The number of hydrazine groups is 1. The van der Waals surface area contributed by atoms with Crippen LogP contribution in [-0.2, 0) is 11.5 Å². The van der Waals surface area contributed by atoms with E-state index in [1.54, 1.807) is 0 Å². The SMILES string of the molecule is N#Cc1ccc(Oc2ccc(C(F)(F)C(O)(CN(NC(=O)[O-])C(N)=S)c3ccc(F)cc3F)nc2)cc1. The van der Waals surface area contributed by atoms with Gasteiger partial charge < -0.3 is 25.5 Å². The Bertz CT molecular complexity index is 1350. The molecule has 0 bridgehead atoms. The first-order valence-electron chi connectivity index (χ1n) is 10.1. The number of nitrogens with two attached hydrogens (primary N) is 1. The van der Waals surface area contributed by atoms with Crippen molar-refractivity contribution in [1.29, 1.82) is 5.26 Å². The van der Waals surface area contributed by atoms with Gasteiger partial charge in [0.1, 0.15) is 28.8 Å². The number of carbonyl (C=O) groups is 1. The van der Waals surface area contributed by atoms with Crippen LogP contribution in [-0.4, -0.2) is 32.8 Å². The predicted octanol–water partition coefficient (Wildman–Crippen LogP) is 2.40. The molecule has 0 fully saturated rings. The molecule has 1 aromatic heterocycles. The maximum atomic E-state index is 15.8. The summed E-state index contributed by atoms with van der Waals surface area (Å²) >= 11 is 4.63. The number of aromatic nitrogens is 1. The normalized spacial score (nSPS) is 12.6. The molecule has 1 atom stereocenters. The van der Waals surface area contributed by atoms with Crippen molar-refractivity contribution < 1.29 is 37.3 Å². The standard InChI is InChI=1S/C23H17F4N5O4S/c24-14-3-7-17(18(25)9-14)22(35,12-32(20(29)37)31-21(33)34)23(26,27)19-8-6-16(11-30-19)36-15-4-1-13(10-28)2-5-15/h1-9,11,31,35H,12H2,(H2,29,37)(H,33,34)/p-1. The van der Waals surface area contributed by atoms with E-state index in [2.05, 4.69) is 17.2 Å². The fourth-order valence-electron chi connectivity index (χ4n) is 3.26. The first-order valence-corrected chi connectivity index (χ1v) is 10.5. The molecule has 0 aliphatic rings. The Kier molecular flexibility index (Phi) is 7.80. The highest BCUT2D eigenvalue weighted by Gasteiger charge is 2.58. The number of hydrogen-bond acceptors (Lipinski definition) is 7. The third-order valence-corrected chi connectivity index (χ3v) is 5.27. The Hall–Kier alpha value is -4.48. The molecule has 9 nitrogen and oxygen atoms in total. The topological polar surface area (TPSA) is 148 Å². The first kappa shape index (κ1) is 27.1. The van der Waals surface area contributed by atoms with Crippen LogP contribution in [0.5, 0.6) is 11.5 Å². The van der Waals surface area contributed by atoms with Crippen LogP contribution in [0.25, 0.3) is 0 Å². The molecule has 0 saturated heterocycles. The van der Waals surface area contributed by atoms with Crippen LogP contribution < -0.4 is 21.0 Å². The van der Waals surface area contributed by atoms with Crippen molar-refractivity contribution in [3.05, 3.63) is 89.2 Å². The number of rotatable bonds is 7. The van der Waals surface area contributed by atoms with Gasteiger partial charge in [0.2, 0.25) is 0 Å². The average Bonchev–Trinajstić information content (AvgIpc) is 2.84. The van der Waals surface area contributed by atoms with Gasteiger partial charge in [-0.05, 0) is 60.7 Å². The summed E-state index contributed by atoms with van der Waals surface area (Å²) < 4.78 is 65.3. The second-order valence-electron chi connectivity index (χ2n) is 7.50. The molecule has 1 heterocycles. The summed E-state index contributed by atoms with van der Waals surface area (Å²) in [7, 11) is 0. The largest absolute Gasteiger partial charge is 0.529 e. The van der Waals surface area contributed by atoms with Gasteiger partial charge in [0, 0.05) is 11.6 Å². The van der Waals surface area contributed by atoms with Crippen molar-refractivity contribution in [3.63, 3.8) is 0 Å². The minimum Gasteiger partial charge on any atom is -0.529 e. The monoisotopic (exact) mass is 534 g/mol. The molecule has 192 valence electrons. The van der Waals surface area contributed by atoms with Gasteiger partial charge in [0.05, 0.1) is 24.4 Å². The number of alkyl halides is 2. The quantitative estimate of drug-likeness (QED) is 0.236. The van der Waals surface area contributed by atoms with E-state index in [-0.39, 0.29) is 22.6 Å². The molecule has 3 aromatic rings. The average molecular weight is 534 g/mol. The second-order valence-corrected chi connectivity index (χ2v) is 7.92. The molecule has 0 radical (unpaired) electrons. The molecule has 2 aromatic carbocycles. The molecule has 3 rings (SSSR count). The van der Waals surface area contributed by atoms with Crippen molar-refractivity contribution in [2.45, 2.75) is 11.5 Å². The number of pyridine rings is 1. The number of nitrogens with one attached hydrogen (secondary N) is 1. The van der Waals surface area contributed by atoms with Gasteiger partial charge in [0.25, 0.3) is 0 Å². The van der Waals surface area contributed by atoms with Crippen molar-refractivity contribution in [2.75, 3.05) is 6.54 Å². The number of aliphatic hydroxyl groups is 1. The number of ether oxygens (including phenoxy) is 1. The van der Waals surface area contributed by atoms with E-state index in [4.69, 9.17) is 15.7 Å². The summed E-state index contributed by atoms with van der Waals surface area (Å²) in [5.41, 5.74) is 1.50. The lowest BCUT2D eigenvalue weighted by molar-refractivity contribution is -0.257. The van der Waals surface area contributed by atoms with Gasteiger partial charge in [-0.15, -0.1) is 0 Å².